The van der Waals surface area contributed by atoms with Gasteiger partial charge in [-0.1, -0.05) is 0 Å². The number of nitrogens with zero attached hydrogens (tertiary/aromatic N) is 2. The summed E-state index contributed by atoms with van der Waals surface area (Å²) in [6.45, 7) is 1.19. The molecule has 0 aliphatic carbocycles. The predicted molar refractivity (Wildman–Crippen MR) is 55.1 cm³/mol. The summed E-state index contributed by atoms with van der Waals surface area (Å²) in [5.74, 6) is 0.932. The van der Waals surface area contributed by atoms with Crippen molar-refractivity contribution in [1.29, 1.82) is 0 Å². The van der Waals surface area contributed by atoms with E-state index in [1.807, 2.05) is 0 Å². The minimum atomic E-state index is 0.291. The largest absolute Gasteiger partial charge is 0.423 e. The molecular formula is C9H10ClN3O2. The van der Waals surface area contributed by atoms with Crippen molar-refractivity contribution in [2.24, 2.45) is 5.73 Å². The van der Waals surface area contributed by atoms with E-state index < -0.39 is 0 Å². The van der Waals surface area contributed by atoms with Crippen LogP contribution in [0.3, 0.4) is 0 Å². The summed E-state index contributed by atoms with van der Waals surface area (Å²) >= 11 is 5.60. The SMILES string of the molecule is NCCn1cc(Oc2ccc(Cl)o2)cn1. The smallest absolute Gasteiger partial charge is 0.291 e. The lowest BCUT2D eigenvalue weighted by Gasteiger charge is -1.96. The third kappa shape index (κ3) is 2.51. The molecule has 0 bridgehead atoms. The van der Waals surface area contributed by atoms with Crippen molar-refractivity contribution in [1.82, 2.24) is 9.78 Å². The molecule has 2 aromatic heterocycles. The molecule has 0 saturated carbocycles. The van der Waals surface area contributed by atoms with Crippen LogP contribution < -0.4 is 10.5 Å². The van der Waals surface area contributed by atoms with E-state index in [9.17, 15) is 0 Å². The summed E-state index contributed by atoms with van der Waals surface area (Å²) < 4.78 is 12.1. The molecule has 0 radical (unpaired) electrons. The summed E-state index contributed by atoms with van der Waals surface area (Å²) in [6.07, 6.45) is 3.33. The van der Waals surface area contributed by atoms with Gasteiger partial charge in [0.05, 0.1) is 18.9 Å². The van der Waals surface area contributed by atoms with E-state index in [4.69, 9.17) is 26.5 Å². The van der Waals surface area contributed by atoms with E-state index in [1.54, 1.807) is 29.2 Å². The minimum Gasteiger partial charge on any atom is -0.423 e. The second-order valence-corrected chi connectivity index (χ2v) is 3.26. The zero-order valence-corrected chi connectivity index (χ0v) is 8.65. The number of halogens is 1. The lowest BCUT2D eigenvalue weighted by atomic mass is 10.6. The van der Waals surface area contributed by atoms with Crippen LogP contribution in [0.15, 0.2) is 28.9 Å². The number of nitrogens with two attached hydrogens (primary N) is 1. The van der Waals surface area contributed by atoms with Crippen molar-refractivity contribution >= 4 is 11.6 Å². The molecule has 2 rings (SSSR count). The fraction of sp³-hybridized carbons (Fsp3) is 0.222. The standard InChI is InChI=1S/C9H10ClN3O2/c10-8-1-2-9(15-8)14-7-5-12-13(6-7)4-3-11/h1-2,5-6H,3-4,11H2. The second kappa shape index (κ2) is 4.37. The molecule has 2 aromatic rings. The van der Waals surface area contributed by atoms with Gasteiger partial charge in [0.25, 0.3) is 5.95 Å². The summed E-state index contributed by atoms with van der Waals surface area (Å²) in [4.78, 5) is 0. The molecule has 0 saturated heterocycles. The highest BCUT2D eigenvalue weighted by atomic mass is 35.5. The van der Waals surface area contributed by atoms with Gasteiger partial charge in [0.1, 0.15) is 0 Å². The Kier molecular flexibility index (Phi) is 2.94. The molecule has 15 heavy (non-hydrogen) atoms. The van der Waals surface area contributed by atoms with Crippen LogP contribution in [0.4, 0.5) is 0 Å². The fourth-order valence-electron chi connectivity index (χ4n) is 1.12. The van der Waals surface area contributed by atoms with Crippen molar-refractivity contribution < 1.29 is 9.15 Å². The Bertz CT molecular complexity index is 438. The van der Waals surface area contributed by atoms with Gasteiger partial charge in [-0.25, -0.2) is 0 Å². The third-order valence-corrected chi connectivity index (χ3v) is 1.94. The quantitative estimate of drug-likeness (QED) is 0.866. The van der Waals surface area contributed by atoms with Gasteiger partial charge in [0.2, 0.25) is 0 Å². The number of ether oxygens (including phenoxy) is 1. The molecule has 6 heteroatoms. The first kappa shape index (κ1) is 10.1. The highest BCUT2D eigenvalue weighted by molar-refractivity contribution is 6.28. The van der Waals surface area contributed by atoms with Gasteiger partial charge in [0.15, 0.2) is 11.0 Å². The Morgan fingerprint density at radius 3 is 3.07 bits per heavy atom. The van der Waals surface area contributed by atoms with Gasteiger partial charge in [0, 0.05) is 18.7 Å². The topological polar surface area (TPSA) is 66.2 Å². The van der Waals surface area contributed by atoms with Crippen LogP contribution in [0, 0.1) is 0 Å². The summed E-state index contributed by atoms with van der Waals surface area (Å²) in [6, 6.07) is 3.25. The first-order valence-corrected chi connectivity index (χ1v) is 4.81. The molecule has 0 spiro atoms. The number of hydrogen-bond donors (Lipinski definition) is 1. The Morgan fingerprint density at radius 1 is 1.53 bits per heavy atom. The molecular weight excluding hydrogens is 218 g/mol. The highest BCUT2D eigenvalue weighted by Gasteiger charge is 2.04. The number of aromatic nitrogens is 2. The number of furan rings is 1. The van der Waals surface area contributed by atoms with Gasteiger partial charge in [-0.2, -0.15) is 5.10 Å². The van der Waals surface area contributed by atoms with Crippen LogP contribution in [-0.4, -0.2) is 16.3 Å². The Hall–Kier alpha value is -1.46. The predicted octanol–water partition coefficient (Wildman–Crippen LogP) is 1.88. The summed E-state index contributed by atoms with van der Waals surface area (Å²) in [7, 11) is 0. The molecule has 5 nitrogen and oxygen atoms in total. The van der Waals surface area contributed by atoms with Crippen molar-refractivity contribution in [2.45, 2.75) is 6.54 Å². The van der Waals surface area contributed by atoms with Gasteiger partial charge >= 0.3 is 0 Å². The Morgan fingerprint density at radius 2 is 2.40 bits per heavy atom. The molecule has 0 amide bonds. The minimum absolute atomic E-state index is 0.291. The molecule has 0 unspecified atom stereocenters. The van der Waals surface area contributed by atoms with E-state index in [1.165, 1.54) is 0 Å². The molecule has 0 atom stereocenters. The molecule has 2 heterocycles. The van der Waals surface area contributed by atoms with E-state index >= 15 is 0 Å². The number of hydrogen-bond acceptors (Lipinski definition) is 4. The average molecular weight is 228 g/mol. The lowest BCUT2D eigenvalue weighted by Crippen LogP contribution is -2.09. The third-order valence-electron chi connectivity index (χ3n) is 1.73. The van der Waals surface area contributed by atoms with Crippen LogP contribution in [0.2, 0.25) is 5.22 Å². The Labute approximate surface area is 91.4 Å². The van der Waals surface area contributed by atoms with Crippen LogP contribution >= 0.6 is 11.6 Å². The monoisotopic (exact) mass is 227 g/mol. The van der Waals surface area contributed by atoms with Crippen LogP contribution in [0.1, 0.15) is 0 Å². The van der Waals surface area contributed by atoms with E-state index in [-0.39, 0.29) is 0 Å². The van der Waals surface area contributed by atoms with Gasteiger partial charge < -0.3 is 14.9 Å². The molecule has 0 aliphatic heterocycles. The van der Waals surface area contributed by atoms with Crippen LogP contribution in [-0.2, 0) is 6.54 Å². The van der Waals surface area contributed by atoms with Crippen molar-refractivity contribution in [2.75, 3.05) is 6.54 Å². The van der Waals surface area contributed by atoms with Crippen molar-refractivity contribution in [3.05, 3.63) is 29.7 Å². The van der Waals surface area contributed by atoms with E-state index in [2.05, 4.69) is 5.10 Å². The van der Waals surface area contributed by atoms with Crippen LogP contribution in [0.25, 0.3) is 0 Å². The van der Waals surface area contributed by atoms with Gasteiger partial charge in [-0.3, -0.25) is 4.68 Å². The van der Waals surface area contributed by atoms with E-state index in [0.717, 1.165) is 0 Å². The molecule has 0 fully saturated rings. The first-order chi connectivity index (χ1) is 7.28. The zero-order valence-electron chi connectivity index (χ0n) is 7.89. The fourth-order valence-corrected chi connectivity index (χ4v) is 1.26. The molecule has 0 aromatic carbocycles. The van der Waals surface area contributed by atoms with Crippen LogP contribution in [0.5, 0.6) is 11.7 Å². The maximum atomic E-state index is 5.60. The highest BCUT2D eigenvalue weighted by Crippen LogP contribution is 2.25. The van der Waals surface area contributed by atoms with Gasteiger partial charge in [-0.15, -0.1) is 0 Å². The maximum absolute atomic E-state index is 5.60. The average Bonchev–Trinajstić information content (AvgIpc) is 2.78. The number of rotatable bonds is 4. The van der Waals surface area contributed by atoms with Crippen molar-refractivity contribution in [3.8, 4) is 11.7 Å². The molecule has 0 aliphatic rings. The normalized spacial score (nSPS) is 10.5. The molecule has 2 N–H and O–H groups in total. The molecule has 80 valence electrons. The van der Waals surface area contributed by atoms with Crippen molar-refractivity contribution in [3.63, 3.8) is 0 Å². The van der Waals surface area contributed by atoms with E-state index in [0.29, 0.717) is 30.0 Å². The summed E-state index contributed by atoms with van der Waals surface area (Å²) in [5, 5.41) is 4.34. The first-order valence-electron chi connectivity index (χ1n) is 4.43. The maximum Gasteiger partial charge on any atom is 0.291 e. The Balaban J connectivity index is 2.04. The van der Waals surface area contributed by atoms with Gasteiger partial charge in [-0.05, 0) is 11.6 Å². The second-order valence-electron chi connectivity index (χ2n) is 2.89. The lowest BCUT2D eigenvalue weighted by molar-refractivity contribution is 0.347. The summed E-state index contributed by atoms with van der Waals surface area (Å²) in [5.41, 5.74) is 5.39. The zero-order chi connectivity index (χ0) is 10.7.